The van der Waals surface area contributed by atoms with Crippen LogP contribution in [0.1, 0.15) is 32.9 Å². The quantitative estimate of drug-likeness (QED) is 0.770. The topological polar surface area (TPSA) is 92.8 Å². The Labute approximate surface area is 163 Å². The first-order chi connectivity index (χ1) is 13.0. The van der Waals surface area contributed by atoms with Gasteiger partial charge in [-0.05, 0) is 36.1 Å². The second-order valence-corrected chi connectivity index (χ2v) is 7.12. The van der Waals surface area contributed by atoms with E-state index in [1.165, 1.54) is 29.5 Å². The van der Waals surface area contributed by atoms with Gasteiger partial charge in [-0.15, -0.1) is 11.3 Å². The van der Waals surface area contributed by atoms with Crippen LogP contribution < -0.4 is 5.32 Å². The van der Waals surface area contributed by atoms with Gasteiger partial charge in [0, 0.05) is 18.0 Å². The molecule has 2 aromatic rings. The molecule has 1 fully saturated rings. The minimum absolute atomic E-state index is 0.0601. The third kappa shape index (κ3) is 4.53. The molecule has 1 aliphatic heterocycles. The lowest BCUT2D eigenvalue weighted by Crippen LogP contribution is -2.35. The Morgan fingerprint density at radius 3 is 2.74 bits per heavy atom. The molecule has 0 spiro atoms. The number of carbonyl (C=O) groups excluding carboxylic acids is 4. The van der Waals surface area contributed by atoms with E-state index in [9.17, 15) is 19.2 Å². The number of esters is 1. The van der Waals surface area contributed by atoms with E-state index in [0.29, 0.717) is 29.3 Å². The largest absolute Gasteiger partial charge is 0.452 e. The van der Waals surface area contributed by atoms with Gasteiger partial charge in [0.1, 0.15) is 0 Å². The van der Waals surface area contributed by atoms with E-state index in [1.807, 2.05) is 0 Å². The van der Waals surface area contributed by atoms with Gasteiger partial charge in [-0.25, -0.2) is 4.79 Å². The summed E-state index contributed by atoms with van der Waals surface area (Å²) in [5.41, 5.74) is 0.237. The van der Waals surface area contributed by atoms with Gasteiger partial charge in [0.2, 0.25) is 5.91 Å². The second-order valence-electron chi connectivity index (χ2n) is 5.74. The van der Waals surface area contributed by atoms with Crippen molar-refractivity contribution >= 4 is 52.3 Å². The van der Waals surface area contributed by atoms with Crippen molar-refractivity contribution in [3.63, 3.8) is 0 Å². The van der Waals surface area contributed by atoms with E-state index < -0.39 is 18.5 Å². The van der Waals surface area contributed by atoms with E-state index >= 15 is 0 Å². The lowest BCUT2D eigenvalue weighted by molar-refractivity contribution is -0.143. The van der Waals surface area contributed by atoms with Crippen LogP contribution in [0.15, 0.2) is 35.7 Å². The van der Waals surface area contributed by atoms with Crippen LogP contribution in [-0.2, 0) is 14.3 Å². The van der Waals surface area contributed by atoms with Gasteiger partial charge in [0.05, 0.1) is 16.1 Å². The molecule has 0 radical (unpaired) electrons. The van der Waals surface area contributed by atoms with E-state index in [2.05, 4.69) is 5.32 Å². The first-order valence-corrected chi connectivity index (χ1v) is 9.36. The molecule has 2 heterocycles. The Bertz CT molecular complexity index is 897. The average molecular weight is 407 g/mol. The summed E-state index contributed by atoms with van der Waals surface area (Å²) in [6, 6.07) is 7.69. The van der Waals surface area contributed by atoms with Crippen LogP contribution in [-0.4, -0.2) is 41.7 Å². The number of nitrogens with zero attached hydrogens (tertiary/aromatic N) is 1. The highest BCUT2D eigenvalue weighted by molar-refractivity contribution is 7.12. The molecule has 1 aliphatic rings. The lowest BCUT2D eigenvalue weighted by Gasteiger charge is -2.14. The Hall–Kier alpha value is -2.71. The molecule has 0 atom stereocenters. The number of ether oxygens (including phenoxy) is 1. The standard InChI is InChI=1S/C18H15ClN2O5S/c19-11-5-6-12(13(9-11)20-17(24)14-3-2-8-27-14)18(25)26-10-16(23)21-7-1-4-15(21)22/h2-3,5-6,8-9H,1,4,7,10H2,(H,20,24). The molecule has 0 aliphatic carbocycles. The fraction of sp³-hybridized carbons (Fsp3) is 0.222. The first-order valence-electron chi connectivity index (χ1n) is 8.10. The highest BCUT2D eigenvalue weighted by atomic mass is 35.5. The number of imide groups is 1. The van der Waals surface area contributed by atoms with Crippen molar-refractivity contribution in [3.05, 3.63) is 51.2 Å². The molecule has 0 bridgehead atoms. The van der Waals surface area contributed by atoms with E-state index in [1.54, 1.807) is 17.5 Å². The van der Waals surface area contributed by atoms with Crippen molar-refractivity contribution in [1.82, 2.24) is 4.90 Å². The van der Waals surface area contributed by atoms with Crippen molar-refractivity contribution in [2.24, 2.45) is 0 Å². The molecular formula is C18H15ClN2O5S. The maximum atomic E-state index is 12.4. The monoisotopic (exact) mass is 406 g/mol. The zero-order chi connectivity index (χ0) is 19.4. The van der Waals surface area contributed by atoms with Gasteiger partial charge in [0.25, 0.3) is 11.8 Å². The molecule has 27 heavy (non-hydrogen) atoms. The lowest BCUT2D eigenvalue weighted by atomic mass is 10.1. The molecule has 3 amide bonds. The molecule has 1 N–H and O–H groups in total. The average Bonchev–Trinajstić information content (AvgIpc) is 3.31. The minimum Gasteiger partial charge on any atom is -0.452 e. The normalized spacial score (nSPS) is 13.5. The van der Waals surface area contributed by atoms with Crippen LogP contribution >= 0.6 is 22.9 Å². The number of nitrogens with one attached hydrogen (secondary N) is 1. The van der Waals surface area contributed by atoms with Crippen molar-refractivity contribution < 1.29 is 23.9 Å². The third-order valence-electron chi connectivity index (χ3n) is 3.90. The molecule has 7 nitrogen and oxygen atoms in total. The molecule has 1 aromatic heterocycles. The number of anilines is 1. The molecular weight excluding hydrogens is 392 g/mol. The zero-order valence-corrected chi connectivity index (χ0v) is 15.6. The number of rotatable bonds is 5. The molecule has 140 valence electrons. The molecule has 0 saturated carbocycles. The van der Waals surface area contributed by atoms with Crippen LogP contribution in [0.5, 0.6) is 0 Å². The summed E-state index contributed by atoms with van der Waals surface area (Å²) in [5.74, 6) is -2.02. The van der Waals surface area contributed by atoms with Crippen molar-refractivity contribution in [2.45, 2.75) is 12.8 Å². The van der Waals surface area contributed by atoms with E-state index in [4.69, 9.17) is 16.3 Å². The van der Waals surface area contributed by atoms with E-state index in [-0.39, 0.29) is 23.1 Å². The van der Waals surface area contributed by atoms with Crippen molar-refractivity contribution in [1.29, 1.82) is 0 Å². The van der Waals surface area contributed by atoms with E-state index in [0.717, 1.165) is 4.90 Å². The molecule has 1 saturated heterocycles. The third-order valence-corrected chi connectivity index (χ3v) is 5.00. The summed E-state index contributed by atoms with van der Waals surface area (Å²) < 4.78 is 5.03. The Balaban J connectivity index is 1.69. The summed E-state index contributed by atoms with van der Waals surface area (Å²) in [6.07, 6.45) is 0.921. The summed E-state index contributed by atoms with van der Waals surface area (Å²) in [7, 11) is 0. The van der Waals surface area contributed by atoms with Gasteiger partial charge >= 0.3 is 5.97 Å². The summed E-state index contributed by atoms with van der Waals surface area (Å²) in [6.45, 7) is -0.218. The van der Waals surface area contributed by atoms with Crippen molar-refractivity contribution in [2.75, 3.05) is 18.5 Å². The Morgan fingerprint density at radius 2 is 2.07 bits per heavy atom. The fourth-order valence-corrected chi connectivity index (χ4v) is 3.38. The molecule has 0 unspecified atom stereocenters. The van der Waals surface area contributed by atoms with Gasteiger partial charge in [-0.1, -0.05) is 17.7 Å². The second kappa shape index (κ2) is 8.32. The maximum Gasteiger partial charge on any atom is 0.340 e. The number of benzene rings is 1. The number of hydrogen-bond acceptors (Lipinski definition) is 6. The van der Waals surface area contributed by atoms with Crippen LogP contribution in [0, 0.1) is 0 Å². The first kappa shape index (κ1) is 19.1. The SMILES string of the molecule is O=C(Nc1cc(Cl)ccc1C(=O)OCC(=O)N1CCCC1=O)c1cccs1. The Morgan fingerprint density at radius 1 is 1.26 bits per heavy atom. The molecule has 3 rings (SSSR count). The zero-order valence-electron chi connectivity index (χ0n) is 14.1. The van der Waals surface area contributed by atoms with Gasteiger partial charge in [-0.3, -0.25) is 19.3 Å². The van der Waals surface area contributed by atoms with Gasteiger partial charge < -0.3 is 10.1 Å². The number of likely N-dealkylation sites (tertiary alicyclic amines) is 1. The number of thiophene rings is 1. The van der Waals surface area contributed by atoms with Crippen LogP contribution in [0.2, 0.25) is 5.02 Å². The maximum absolute atomic E-state index is 12.4. The van der Waals surface area contributed by atoms with Crippen LogP contribution in [0.25, 0.3) is 0 Å². The number of halogens is 1. The fourth-order valence-electron chi connectivity index (χ4n) is 2.58. The van der Waals surface area contributed by atoms with Gasteiger partial charge in [0.15, 0.2) is 6.61 Å². The summed E-state index contributed by atoms with van der Waals surface area (Å²) in [4.78, 5) is 49.7. The molecule has 9 heteroatoms. The Kier molecular flexibility index (Phi) is 5.88. The number of hydrogen-bond donors (Lipinski definition) is 1. The van der Waals surface area contributed by atoms with Crippen LogP contribution in [0.3, 0.4) is 0 Å². The minimum atomic E-state index is -0.798. The summed E-state index contributed by atoms with van der Waals surface area (Å²) >= 11 is 7.21. The van der Waals surface area contributed by atoms with Crippen LogP contribution in [0.4, 0.5) is 5.69 Å². The highest BCUT2D eigenvalue weighted by Crippen LogP contribution is 2.23. The predicted octanol–water partition coefficient (Wildman–Crippen LogP) is 2.96. The highest BCUT2D eigenvalue weighted by Gasteiger charge is 2.27. The predicted molar refractivity (Wildman–Crippen MR) is 100.0 cm³/mol. The number of amides is 3. The summed E-state index contributed by atoms with van der Waals surface area (Å²) in [5, 5.41) is 4.70. The van der Waals surface area contributed by atoms with Crippen molar-refractivity contribution in [3.8, 4) is 0 Å². The smallest absolute Gasteiger partial charge is 0.340 e. The van der Waals surface area contributed by atoms with Gasteiger partial charge in [-0.2, -0.15) is 0 Å². The molecule has 1 aromatic carbocycles. The number of carbonyl (C=O) groups is 4.